The van der Waals surface area contributed by atoms with Crippen molar-refractivity contribution in [3.63, 3.8) is 0 Å². The van der Waals surface area contributed by atoms with E-state index in [9.17, 15) is 9.59 Å². The summed E-state index contributed by atoms with van der Waals surface area (Å²) in [5.41, 5.74) is 0. The van der Waals surface area contributed by atoms with Gasteiger partial charge in [-0.05, 0) is 19.1 Å². The van der Waals surface area contributed by atoms with Gasteiger partial charge in [0.2, 0.25) is 0 Å². The number of carbonyl (C=O) groups excluding carboxylic acids is 2. The summed E-state index contributed by atoms with van der Waals surface area (Å²) in [5.74, 6) is -0.254. The molecule has 0 fully saturated rings. The Kier molecular flexibility index (Phi) is 6.51. The molecule has 0 bridgehead atoms. The third kappa shape index (κ3) is 4.95. The zero-order valence-corrected chi connectivity index (χ0v) is 13.4. The van der Waals surface area contributed by atoms with Crippen LogP contribution in [0, 0.1) is 0 Å². The van der Waals surface area contributed by atoms with Crippen LogP contribution >= 0.6 is 11.8 Å². The molecular formula is C14H20N2O4S. The van der Waals surface area contributed by atoms with E-state index < -0.39 is 10.8 Å². The van der Waals surface area contributed by atoms with Gasteiger partial charge in [0.1, 0.15) is 4.75 Å². The highest BCUT2D eigenvalue weighted by Gasteiger charge is 2.37. The number of benzene rings is 1. The first-order valence-corrected chi connectivity index (χ1v) is 7.12. The Morgan fingerprint density at radius 3 is 2.43 bits per heavy atom. The summed E-state index contributed by atoms with van der Waals surface area (Å²) >= 11 is 1.35. The molecule has 1 atom stereocenters. The second-order valence-electron chi connectivity index (χ2n) is 4.48. The third-order valence-electron chi connectivity index (χ3n) is 2.85. The van der Waals surface area contributed by atoms with Gasteiger partial charge in [-0.1, -0.05) is 18.2 Å². The average Bonchev–Trinajstić information content (AvgIpc) is 2.52. The fourth-order valence-electron chi connectivity index (χ4n) is 1.63. The molecule has 1 N–H and O–H groups in total. The maximum atomic E-state index is 12.5. The fourth-order valence-corrected chi connectivity index (χ4v) is 2.81. The van der Waals surface area contributed by atoms with E-state index in [2.05, 4.69) is 10.1 Å². The molecule has 1 rings (SSSR count). The van der Waals surface area contributed by atoms with E-state index in [-0.39, 0.29) is 12.5 Å². The Morgan fingerprint density at radius 1 is 1.29 bits per heavy atom. The van der Waals surface area contributed by atoms with Crippen molar-refractivity contribution in [2.24, 2.45) is 0 Å². The summed E-state index contributed by atoms with van der Waals surface area (Å²) in [6.45, 7) is 1.87. The number of hydrogen-bond donors (Lipinski definition) is 1. The number of ether oxygens (including phenoxy) is 1. The van der Waals surface area contributed by atoms with Gasteiger partial charge < -0.3 is 10.1 Å². The Bertz CT molecular complexity index is 483. The van der Waals surface area contributed by atoms with Gasteiger partial charge in [0, 0.05) is 18.5 Å². The van der Waals surface area contributed by atoms with Gasteiger partial charge in [-0.3, -0.25) is 9.63 Å². The number of nitrogens with one attached hydrogen (secondary N) is 1. The average molecular weight is 312 g/mol. The summed E-state index contributed by atoms with van der Waals surface area (Å²) in [6.07, 6.45) is -0.581. The first-order valence-electron chi connectivity index (χ1n) is 6.31. The predicted octanol–water partition coefficient (Wildman–Crippen LogP) is 1.91. The highest BCUT2D eigenvalue weighted by atomic mass is 32.2. The lowest BCUT2D eigenvalue weighted by Gasteiger charge is -2.30. The van der Waals surface area contributed by atoms with Gasteiger partial charge >= 0.3 is 6.09 Å². The lowest BCUT2D eigenvalue weighted by molar-refractivity contribution is -0.170. The number of hydrogen-bond acceptors (Lipinski definition) is 5. The molecule has 0 radical (unpaired) electrons. The van der Waals surface area contributed by atoms with Crippen molar-refractivity contribution in [3.05, 3.63) is 30.3 Å². The first kappa shape index (κ1) is 17.3. The predicted molar refractivity (Wildman–Crippen MR) is 80.9 cm³/mol. The highest BCUT2D eigenvalue weighted by molar-refractivity contribution is 8.01. The molecule has 2 amide bonds. The van der Waals surface area contributed by atoms with Gasteiger partial charge in [0.05, 0.1) is 14.2 Å². The Balaban J connectivity index is 2.92. The molecule has 0 spiro atoms. The SMILES string of the molecule is COC(=O)NC[C@](C)(Sc1ccccc1)C(=O)N(C)OC. The molecule has 0 aliphatic rings. The van der Waals surface area contributed by atoms with Gasteiger partial charge in [0.15, 0.2) is 0 Å². The first-order chi connectivity index (χ1) is 9.92. The number of methoxy groups -OCH3 is 1. The molecule has 1 aromatic carbocycles. The van der Waals surface area contributed by atoms with E-state index in [1.807, 2.05) is 30.3 Å². The van der Waals surface area contributed by atoms with Crippen LogP contribution in [-0.2, 0) is 14.4 Å². The molecule has 0 saturated carbocycles. The molecule has 21 heavy (non-hydrogen) atoms. The summed E-state index contributed by atoms with van der Waals surface area (Å²) in [4.78, 5) is 29.6. The molecule has 0 aliphatic carbocycles. The number of nitrogens with zero attached hydrogens (tertiary/aromatic N) is 1. The van der Waals surface area contributed by atoms with Crippen molar-refractivity contribution in [1.29, 1.82) is 0 Å². The Labute approximate surface area is 128 Å². The number of carbonyl (C=O) groups is 2. The van der Waals surface area contributed by atoms with Crippen LogP contribution in [0.5, 0.6) is 0 Å². The van der Waals surface area contributed by atoms with Gasteiger partial charge in [-0.2, -0.15) is 0 Å². The standard InChI is InChI=1S/C14H20N2O4S/c1-14(10-15-13(18)19-3,12(17)16(2)20-4)21-11-8-6-5-7-9-11/h5-9H,10H2,1-4H3,(H,15,18)/t14-/m0/s1. The summed E-state index contributed by atoms with van der Waals surface area (Å²) in [5, 5.41) is 3.72. The minimum atomic E-state index is -0.916. The van der Waals surface area contributed by atoms with E-state index in [4.69, 9.17) is 4.84 Å². The lowest BCUT2D eigenvalue weighted by Crippen LogP contribution is -2.50. The van der Waals surface area contributed by atoms with Crippen LogP contribution in [0.25, 0.3) is 0 Å². The van der Waals surface area contributed by atoms with Crippen LogP contribution in [0.3, 0.4) is 0 Å². The zero-order valence-electron chi connectivity index (χ0n) is 12.6. The van der Waals surface area contributed by atoms with E-state index in [0.717, 1.165) is 9.96 Å². The normalized spacial score (nSPS) is 13.1. The van der Waals surface area contributed by atoms with Crippen molar-refractivity contribution in [1.82, 2.24) is 10.4 Å². The highest BCUT2D eigenvalue weighted by Crippen LogP contribution is 2.33. The van der Waals surface area contributed by atoms with Crippen LogP contribution in [0.4, 0.5) is 4.79 Å². The van der Waals surface area contributed by atoms with Gasteiger partial charge in [-0.15, -0.1) is 11.8 Å². The van der Waals surface area contributed by atoms with Crippen LogP contribution in [-0.4, -0.2) is 49.6 Å². The summed E-state index contributed by atoms with van der Waals surface area (Å²) in [6, 6.07) is 9.49. The van der Waals surface area contributed by atoms with E-state index >= 15 is 0 Å². The van der Waals surface area contributed by atoms with E-state index in [1.54, 1.807) is 6.92 Å². The zero-order chi connectivity index (χ0) is 15.9. The number of rotatable bonds is 6. The maximum absolute atomic E-state index is 12.5. The largest absolute Gasteiger partial charge is 0.453 e. The Morgan fingerprint density at radius 2 is 1.90 bits per heavy atom. The summed E-state index contributed by atoms with van der Waals surface area (Å²) in [7, 11) is 4.23. The Hall–Kier alpha value is -1.73. The van der Waals surface area contributed by atoms with Gasteiger partial charge in [0.25, 0.3) is 5.91 Å². The number of thioether (sulfide) groups is 1. The number of hydroxylamine groups is 2. The molecule has 6 nitrogen and oxygen atoms in total. The van der Waals surface area contributed by atoms with Gasteiger partial charge in [-0.25, -0.2) is 9.86 Å². The van der Waals surface area contributed by atoms with Crippen molar-refractivity contribution in [2.75, 3.05) is 27.8 Å². The lowest BCUT2D eigenvalue weighted by atomic mass is 10.1. The van der Waals surface area contributed by atoms with Crippen molar-refractivity contribution in [2.45, 2.75) is 16.6 Å². The molecule has 1 aromatic rings. The van der Waals surface area contributed by atoms with Crippen molar-refractivity contribution >= 4 is 23.8 Å². The number of alkyl carbamates (subject to hydrolysis) is 1. The topological polar surface area (TPSA) is 67.9 Å². The van der Waals surface area contributed by atoms with Crippen molar-refractivity contribution < 1.29 is 19.2 Å². The molecule has 7 heteroatoms. The summed E-state index contributed by atoms with van der Waals surface area (Å²) < 4.78 is 3.63. The number of amides is 2. The van der Waals surface area contributed by atoms with Crippen LogP contribution < -0.4 is 5.32 Å². The molecule has 0 aromatic heterocycles. The molecule has 0 heterocycles. The van der Waals surface area contributed by atoms with Crippen LogP contribution in [0.2, 0.25) is 0 Å². The van der Waals surface area contributed by atoms with Crippen LogP contribution in [0.1, 0.15) is 6.92 Å². The second kappa shape index (κ2) is 7.90. The van der Waals surface area contributed by atoms with Crippen LogP contribution in [0.15, 0.2) is 35.2 Å². The molecule has 116 valence electrons. The molecular weight excluding hydrogens is 292 g/mol. The third-order valence-corrected chi connectivity index (χ3v) is 4.13. The second-order valence-corrected chi connectivity index (χ2v) is 6.05. The molecule has 0 aliphatic heterocycles. The quantitative estimate of drug-likeness (QED) is 0.642. The smallest absolute Gasteiger partial charge is 0.406 e. The minimum Gasteiger partial charge on any atom is -0.453 e. The van der Waals surface area contributed by atoms with Crippen molar-refractivity contribution in [3.8, 4) is 0 Å². The van der Waals surface area contributed by atoms with E-state index in [0.29, 0.717) is 0 Å². The molecule has 0 saturated heterocycles. The fraction of sp³-hybridized carbons (Fsp3) is 0.429. The minimum absolute atomic E-state index is 0.117. The van der Waals surface area contributed by atoms with E-state index in [1.165, 1.54) is 33.0 Å². The maximum Gasteiger partial charge on any atom is 0.406 e. The molecule has 0 unspecified atom stereocenters. The monoisotopic (exact) mass is 312 g/mol.